The Hall–Kier alpha value is -1.60. The van der Waals surface area contributed by atoms with Gasteiger partial charge in [0.25, 0.3) is 5.91 Å². The summed E-state index contributed by atoms with van der Waals surface area (Å²) in [6, 6.07) is 4.51. The number of sulfonamides is 1. The van der Waals surface area contributed by atoms with Crippen molar-refractivity contribution in [2.24, 2.45) is 17.8 Å². The number of fused-ring (bicyclic) bond motifs is 3. The molecule has 136 valence electrons. The highest BCUT2D eigenvalue weighted by atomic mass is 32.2. The van der Waals surface area contributed by atoms with Crippen LogP contribution in [0.2, 0.25) is 0 Å². The number of anilines is 1. The number of ether oxygens (including phenoxy) is 1. The van der Waals surface area contributed by atoms with Crippen molar-refractivity contribution in [3.63, 3.8) is 0 Å². The first kappa shape index (κ1) is 16.8. The predicted octanol–water partition coefficient (Wildman–Crippen LogP) is 2.51. The minimum Gasteiger partial charge on any atom is -0.479 e. The van der Waals surface area contributed by atoms with E-state index in [1.807, 2.05) is 6.92 Å². The Balaban J connectivity index is 1.52. The molecule has 4 rings (SSSR count). The van der Waals surface area contributed by atoms with E-state index in [4.69, 9.17) is 4.74 Å². The number of hydrogen-bond donors (Lipinski definition) is 2. The third-order valence-electron chi connectivity index (χ3n) is 5.97. The first-order chi connectivity index (χ1) is 11.8. The summed E-state index contributed by atoms with van der Waals surface area (Å²) in [7, 11) is -3.64. The van der Waals surface area contributed by atoms with Gasteiger partial charge in [0.15, 0.2) is 6.10 Å². The second kappa shape index (κ2) is 5.99. The van der Waals surface area contributed by atoms with E-state index in [1.54, 1.807) is 13.0 Å². The van der Waals surface area contributed by atoms with E-state index in [0.717, 1.165) is 12.3 Å². The molecule has 0 aromatic heterocycles. The summed E-state index contributed by atoms with van der Waals surface area (Å²) in [5.74, 6) is 2.08. The monoisotopic (exact) mass is 364 g/mol. The molecular formula is C18H24N2O4S. The molecule has 25 heavy (non-hydrogen) atoms. The highest BCUT2D eigenvalue weighted by Crippen LogP contribution is 2.49. The fourth-order valence-corrected chi connectivity index (χ4v) is 5.98. The van der Waals surface area contributed by atoms with Gasteiger partial charge in [0.1, 0.15) is 5.75 Å². The topological polar surface area (TPSA) is 84.5 Å². The van der Waals surface area contributed by atoms with E-state index in [-0.39, 0.29) is 16.8 Å². The first-order valence-electron chi connectivity index (χ1n) is 8.97. The molecule has 0 unspecified atom stereocenters. The van der Waals surface area contributed by atoms with Gasteiger partial charge in [-0.1, -0.05) is 6.42 Å². The number of nitrogens with one attached hydrogen (secondary N) is 2. The smallest absolute Gasteiger partial charge is 0.265 e. The van der Waals surface area contributed by atoms with E-state index >= 15 is 0 Å². The quantitative estimate of drug-likeness (QED) is 0.860. The first-order valence-corrected chi connectivity index (χ1v) is 10.5. The van der Waals surface area contributed by atoms with Gasteiger partial charge in [-0.25, -0.2) is 13.1 Å². The summed E-state index contributed by atoms with van der Waals surface area (Å²) in [4.78, 5) is 11.9. The third-order valence-corrected chi connectivity index (χ3v) is 7.52. The number of rotatable bonds is 4. The van der Waals surface area contributed by atoms with Crippen molar-refractivity contribution in [2.75, 3.05) is 5.32 Å². The average molecular weight is 364 g/mol. The molecule has 6 nitrogen and oxygen atoms in total. The van der Waals surface area contributed by atoms with Crippen LogP contribution in [0.5, 0.6) is 5.75 Å². The van der Waals surface area contributed by atoms with Crippen LogP contribution in [0.1, 0.15) is 39.5 Å². The highest BCUT2D eigenvalue weighted by Gasteiger charge is 2.42. The van der Waals surface area contributed by atoms with E-state index in [1.165, 1.54) is 31.4 Å². The molecule has 2 saturated carbocycles. The van der Waals surface area contributed by atoms with Crippen LogP contribution in [-0.4, -0.2) is 26.5 Å². The number of carbonyl (C=O) groups excluding carboxylic acids is 1. The van der Waals surface area contributed by atoms with Gasteiger partial charge in [-0.05, 0) is 69.1 Å². The number of amides is 1. The molecule has 3 aliphatic rings. The summed E-state index contributed by atoms with van der Waals surface area (Å²) in [5, 5.41) is 2.70. The van der Waals surface area contributed by atoms with Crippen LogP contribution in [0.3, 0.4) is 0 Å². The fourth-order valence-electron chi connectivity index (χ4n) is 4.66. The average Bonchev–Trinajstić information content (AvgIpc) is 3.18. The lowest BCUT2D eigenvalue weighted by Crippen LogP contribution is -2.40. The van der Waals surface area contributed by atoms with Crippen molar-refractivity contribution in [3.05, 3.63) is 18.2 Å². The van der Waals surface area contributed by atoms with Crippen LogP contribution in [0.4, 0.5) is 5.69 Å². The zero-order chi connectivity index (χ0) is 17.8. The molecule has 0 saturated heterocycles. The van der Waals surface area contributed by atoms with Crippen LogP contribution >= 0.6 is 0 Å². The van der Waals surface area contributed by atoms with Crippen molar-refractivity contribution in [1.29, 1.82) is 0 Å². The lowest BCUT2D eigenvalue weighted by atomic mass is 9.84. The zero-order valence-corrected chi connectivity index (χ0v) is 15.3. The summed E-state index contributed by atoms with van der Waals surface area (Å²) < 4.78 is 33.9. The molecule has 2 aliphatic carbocycles. The highest BCUT2D eigenvalue weighted by molar-refractivity contribution is 7.89. The molecule has 1 amide bonds. The molecule has 0 radical (unpaired) electrons. The minimum atomic E-state index is -3.64. The molecular weight excluding hydrogens is 340 g/mol. The Labute approximate surface area is 148 Å². The molecule has 2 bridgehead atoms. The van der Waals surface area contributed by atoms with Gasteiger partial charge in [-0.3, -0.25) is 4.79 Å². The molecule has 1 aromatic carbocycles. The molecule has 0 spiro atoms. The Bertz CT molecular complexity index is 807. The van der Waals surface area contributed by atoms with Crippen molar-refractivity contribution in [1.82, 2.24) is 4.72 Å². The largest absolute Gasteiger partial charge is 0.479 e. The van der Waals surface area contributed by atoms with Gasteiger partial charge in [0, 0.05) is 6.04 Å². The van der Waals surface area contributed by atoms with Gasteiger partial charge in [-0.15, -0.1) is 0 Å². The second-order valence-electron chi connectivity index (χ2n) is 7.66. The van der Waals surface area contributed by atoms with Crippen LogP contribution in [0.15, 0.2) is 23.1 Å². The maximum Gasteiger partial charge on any atom is 0.265 e. The van der Waals surface area contributed by atoms with E-state index < -0.39 is 16.1 Å². The summed E-state index contributed by atoms with van der Waals surface area (Å²) in [5.41, 5.74) is 0.401. The van der Waals surface area contributed by atoms with Gasteiger partial charge in [0.2, 0.25) is 10.0 Å². The second-order valence-corrected chi connectivity index (χ2v) is 9.37. The van der Waals surface area contributed by atoms with Crippen molar-refractivity contribution in [2.45, 2.75) is 56.6 Å². The van der Waals surface area contributed by atoms with E-state index in [2.05, 4.69) is 10.0 Å². The lowest BCUT2D eigenvalue weighted by Gasteiger charge is -2.28. The van der Waals surface area contributed by atoms with E-state index in [9.17, 15) is 13.2 Å². The van der Waals surface area contributed by atoms with Gasteiger partial charge >= 0.3 is 0 Å². The minimum absolute atomic E-state index is 0.0813. The van der Waals surface area contributed by atoms with Crippen molar-refractivity contribution >= 4 is 21.6 Å². The van der Waals surface area contributed by atoms with Crippen molar-refractivity contribution in [3.8, 4) is 5.75 Å². The Kier molecular flexibility index (Phi) is 4.03. The number of hydrogen-bond acceptors (Lipinski definition) is 4. The fraction of sp³-hybridized carbons (Fsp3) is 0.611. The normalized spacial score (nSPS) is 32.0. The van der Waals surface area contributed by atoms with Crippen LogP contribution < -0.4 is 14.8 Å². The van der Waals surface area contributed by atoms with Crippen LogP contribution in [0, 0.1) is 17.8 Å². The Morgan fingerprint density at radius 1 is 1.28 bits per heavy atom. The molecule has 2 N–H and O–H groups in total. The van der Waals surface area contributed by atoms with Gasteiger partial charge in [-0.2, -0.15) is 0 Å². The summed E-state index contributed by atoms with van der Waals surface area (Å²) in [6.45, 7) is 3.62. The standard InChI is InChI=1S/C18H24N2O4S/c1-10(15-8-12-3-4-13(15)7-12)20-25(22,23)14-5-6-17-16(9-14)19-18(21)11(2)24-17/h5-6,9-13,15,20H,3-4,7-8H2,1-2H3,(H,19,21)/t10-,11-,12-,13-,15-/m0/s1. The third kappa shape index (κ3) is 3.04. The summed E-state index contributed by atoms with van der Waals surface area (Å²) in [6.07, 6.45) is 4.31. The maximum absolute atomic E-state index is 12.8. The number of benzene rings is 1. The molecule has 5 atom stereocenters. The molecule has 7 heteroatoms. The van der Waals surface area contributed by atoms with Crippen LogP contribution in [-0.2, 0) is 14.8 Å². The van der Waals surface area contributed by atoms with Gasteiger partial charge in [0.05, 0.1) is 10.6 Å². The molecule has 1 heterocycles. The maximum atomic E-state index is 12.8. The SMILES string of the molecule is C[C@@H]1Oc2ccc(S(=O)(=O)N[C@@H](C)[C@@H]3C[C@H]4CC[C@H]3C4)cc2NC1=O. The molecule has 1 aromatic rings. The summed E-state index contributed by atoms with van der Waals surface area (Å²) >= 11 is 0. The Morgan fingerprint density at radius 2 is 2.08 bits per heavy atom. The van der Waals surface area contributed by atoms with Crippen molar-refractivity contribution < 1.29 is 17.9 Å². The lowest BCUT2D eigenvalue weighted by molar-refractivity contribution is -0.122. The Morgan fingerprint density at radius 3 is 2.76 bits per heavy atom. The predicted molar refractivity (Wildman–Crippen MR) is 93.9 cm³/mol. The number of carbonyl (C=O) groups is 1. The van der Waals surface area contributed by atoms with Gasteiger partial charge < -0.3 is 10.1 Å². The zero-order valence-electron chi connectivity index (χ0n) is 14.5. The molecule has 1 aliphatic heterocycles. The van der Waals surface area contributed by atoms with Crippen LogP contribution in [0.25, 0.3) is 0 Å². The van der Waals surface area contributed by atoms with E-state index in [0.29, 0.717) is 23.3 Å². The molecule has 2 fully saturated rings.